The first-order valence-corrected chi connectivity index (χ1v) is 4.84. The Labute approximate surface area is 87.0 Å². The lowest BCUT2D eigenvalue weighted by Crippen LogP contribution is -2.17. The molecule has 0 amide bonds. The molecular weight excluding hydrogens is 200 g/mol. The Morgan fingerprint density at radius 2 is 1.47 bits per heavy atom. The SMILES string of the molecule is CC(=O)OC1=C(OC(C)=O)[C@H]2CC[C@@H]1O2. The summed E-state index contributed by atoms with van der Waals surface area (Å²) in [4.78, 5) is 21.7. The van der Waals surface area contributed by atoms with E-state index in [1.807, 2.05) is 0 Å². The highest BCUT2D eigenvalue weighted by atomic mass is 16.6. The van der Waals surface area contributed by atoms with E-state index in [-0.39, 0.29) is 12.2 Å². The van der Waals surface area contributed by atoms with E-state index in [2.05, 4.69) is 0 Å². The number of fused-ring (bicyclic) bond motifs is 2. The van der Waals surface area contributed by atoms with E-state index >= 15 is 0 Å². The zero-order valence-corrected chi connectivity index (χ0v) is 8.61. The van der Waals surface area contributed by atoms with E-state index in [1.165, 1.54) is 13.8 Å². The molecule has 82 valence electrons. The summed E-state index contributed by atoms with van der Waals surface area (Å²) in [5, 5.41) is 0. The molecule has 0 aromatic carbocycles. The van der Waals surface area contributed by atoms with Crippen molar-refractivity contribution in [2.24, 2.45) is 0 Å². The van der Waals surface area contributed by atoms with Gasteiger partial charge in [-0.1, -0.05) is 0 Å². The van der Waals surface area contributed by atoms with Gasteiger partial charge in [-0.3, -0.25) is 9.59 Å². The van der Waals surface area contributed by atoms with Crippen LogP contribution in [0.1, 0.15) is 26.7 Å². The van der Waals surface area contributed by atoms with Crippen molar-refractivity contribution in [2.75, 3.05) is 0 Å². The van der Waals surface area contributed by atoms with Crippen LogP contribution in [0.2, 0.25) is 0 Å². The first kappa shape index (κ1) is 10.2. The molecule has 0 spiro atoms. The first-order valence-electron chi connectivity index (χ1n) is 4.84. The number of hydrogen-bond donors (Lipinski definition) is 0. The minimum atomic E-state index is -0.425. The molecular formula is C10H12O5. The smallest absolute Gasteiger partial charge is 0.307 e. The normalized spacial score (nSPS) is 28.1. The average molecular weight is 212 g/mol. The van der Waals surface area contributed by atoms with Crippen molar-refractivity contribution in [1.29, 1.82) is 0 Å². The van der Waals surface area contributed by atoms with Gasteiger partial charge in [-0.05, 0) is 12.8 Å². The Balaban J connectivity index is 2.22. The van der Waals surface area contributed by atoms with E-state index in [4.69, 9.17) is 14.2 Å². The van der Waals surface area contributed by atoms with Gasteiger partial charge in [-0.15, -0.1) is 0 Å². The highest BCUT2D eigenvalue weighted by Gasteiger charge is 2.44. The van der Waals surface area contributed by atoms with Gasteiger partial charge in [0, 0.05) is 13.8 Å². The van der Waals surface area contributed by atoms with Gasteiger partial charge in [0.25, 0.3) is 0 Å². The summed E-state index contributed by atoms with van der Waals surface area (Å²) in [6.45, 7) is 2.62. The molecule has 0 saturated carbocycles. The fraction of sp³-hybridized carbons (Fsp3) is 0.600. The molecule has 5 nitrogen and oxygen atoms in total. The molecule has 2 atom stereocenters. The van der Waals surface area contributed by atoms with Crippen molar-refractivity contribution in [3.63, 3.8) is 0 Å². The molecule has 2 bridgehead atoms. The first-order chi connectivity index (χ1) is 7.08. The standard InChI is InChI=1S/C10H12O5/c1-5(11)13-9-7-3-4-8(15-7)10(9)14-6(2)12/h7-8H,3-4H2,1-2H3/t7-,8+. The van der Waals surface area contributed by atoms with Crippen LogP contribution in [0.4, 0.5) is 0 Å². The summed E-state index contributed by atoms with van der Waals surface area (Å²) in [5.74, 6) is -0.112. The van der Waals surface area contributed by atoms with Gasteiger partial charge < -0.3 is 14.2 Å². The summed E-state index contributed by atoms with van der Waals surface area (Å²) in [5.41, 5.74) is 0. The van der Waals surface area contributed by atoms with Gasteiger partial charge in [-0.2, -0.15) is 0 Å². The molecule has 0 aliphatic carbocycles. The minimum absolute atomic E-state index is 0.228. The van der Waals surface area contributed by atoms with Crippen LogP contribution in [0, 0.1) is 0 Å². The van der Waals surface area contributed by atoms with E-state index < -0.39 is 11.9 Å². The van der Waals surface area contributed by atoms with Gasteiger partial charge in [0.2, 0.25) is 0 Å². The molecule has 1 saturated heterocycles. The summed E-state index contributed by atoms with van der Waals surface area (Å²) >= 11 is 0. The molecule has 0 aromatic heterocycles. The highest BCUT2D eigenvalue weighted by molar-refractivity contribution is 5.69. The van der Waals surface area contributed by atoms with Crippen LogP contribution in [-0.4, -0.2) is 24.1 Å². The monoisotopic (exact) mass is 212 g/mol. The molecule has 0 radical (unpaired) electrons. The van der Waals surface area contributed by atoms with E-state index in [1.54, 1.807) is 0 Å². The fourth-order valence-corrected chi connectivity index (χ4v) is 1.88. The van der Waals surface area contributed by atoms with Crippen molar-refractivity contribution < 1.29 is 23.8 Å². The van der Waals surface area contributed by atoms with Crippen molar-refractivity contribution in [2.45, 2.75) is 38.9 Å². The van der Waals surface area contributed by atoms with Crippen LogP contribution in [0.3, 0.4) is 0 Å². The number of carbonyl (C=O) groups excluding carboxylic acids is 2. The fourth-order valence-electron chi connectivity index (χ4n) is 1.88. The van der Waals surface area contributed by atoms with Crippen LogP contribution in [0.5, 0.6) is 0 Å². The van der Waals surface area contributed by atoms with Gasteiger partial charge in [-0.25, -0.2) is 0 Å². The van der Waals surface area contributed by atoms with E-state index in [9.17, 15) is 9.59 Å². The third-order valence-corrected chi connectivity index (χ3v) is 2.35. The van der Waals surface area contributed by atoms with Crippen LogP contribution in [0.25, 0.3) is 0 Å². The molecule has 2 heterocycles. The van der Waals surface area contributed by atoms with Crippen LogP contribution in [0.15, 0.2) is 11.5 Å². The summed E-state index contributed by atoms with van der Waals surface area (Å²) in [6.07, 6.45) is 1.15. The molecule has 0 N–H and O–H groups in total. The van der Waals surface area contributed by atoms with Gasteiger partial charge in [0.1, 0.15) is 12.2 Å². The minimum Gasteiger partial charge on any atom is -0.425 e. The summed E-state index contributed by atoms with van der Waals surface area (Å²) in [7, 11) is 0. The zero-order chi connectivity index (χ0) is 11.0. The maximum Gasteiger partial charge on any atom is 0.307 e. The molecule has 0 aromatic rings. The summed E-state index contributed by atoms with van der Waals surface area (Å²) in [6, 6.07) is 0. The van der Waals surface area contributed by atoms with Crippen molar-refractivity contribution in [1.82, 2.24) is 0 Å². The zero-order valence-electron chi connectivity index (χ0n) is 8.61. The van der Waals surface area contributed by atoms with Crippen LogP contribution < -0.4 is 0 Å². The Bertz CT molecular complexity index is 312. The average Bonchev–Trinajstić information content (AvgIpc) is 2.67. The third kappa shape index (κ3) is 1.87. The molecule has 1 fully saturated rings. The molecule has 2 aliphatic heterocycles. The molecule has 2 aliphatic rings. The lowest BCUT2D eigenvalue weighted by Gasteiger charge is -2.14. The van der Waals surface area contributed by atoms with E-state index in [0.717, 1.165) is 12.8 Å². The van der Waals surface area contributed by atoms with Gasteiger partial charge in [0.05, 0.1) is 0 Å². The van der Waals surface area contributed by atoms with Crippen LogP contribution in [-0.2, 0) is 23.8 Å². The number of hydrogen-bond acceptors (Lipinski definition) is 5. The highest BCUT2D eigenvalue weighted by Crippen LogP contribution is 2.40. The Hall–Kier alpha value is -1.36. The van der Waals surface area contributed by atoms with Gasteiger partial charge >= 0.3 is 11.9 Å². The number of ether oxygens (including phenoxy) is 3. The Morgan fingerprint density at radius 1 is 1.07 bits per heavy atom. The van der Waals surface area contributed by atoms with Crippen molar-refractivity contribution in [3.05, 3.63) is 11.5 Å². The lowest BCUT2D eigenvalue weighted by molar-refractivity contribution is -0.141. The molecule has 2 rings (SSSR count). The molecule has 5 heteroatoms. The van der Waals surface area contributed by atoms with E-state index in [0.29, 0.717) is 11.5 Å². The second kappa shape index (κ2) is 3.66. The molecule has 0 unspecified atom stereocenters. The number of esters is 2. The Kier molecular flexibility index (Phi) is 2.48. The maximum absolute atomic E-state index is 10.9. The second-order valence-electron chi connectivity index (χ2n) is 3.61. The van der Waals surface area contributed by atoms with Crippen molar-refractivity contribution >= 4 is 11.9 Å². The predicted octanol–water partition coefficient (Wildman–Crippen LogP) is 0.885. The number of carbonyl (C=O) groups is 2. The summed E-state index contributed by atoms with van der Waals surface area (Å²) < 4.78 is 15.5. The Morgan fingerprint density at radius 3 is 1.80 bits per heavy atom. The maximum atomic E-state index is 10.9. The predicted molar refractivity (Wildman–Crippen MR) is 48.5 cm³/mol. The lowest BCUT2D eigenvalue weighted by atomic mass is 10.0. The number of rotatable bonds is 2. The second-order valence-corrected chi connectivity index (χ2v) is 3.61. The quantitative estimate of drug-likeness (QED) is 0.636. The largest absolute Gasteiger partial charge is 0.425 e. The van der Waals surface area contributed by atoms with Crippen LogP contribution >= 0.6 is 0 Å². The third-order valence-electron chi connectivity index (χ3n) is 2.35. The van der Waals surface area contributed by atoms with Crippen molar-refractivity contribution in [3.8, 4) is 0 Å². The van der Waals surface area contributed by atoms with Gasteiger partial charge in [0.15, 0.2) is 11.5 Å². The molecule has 15 heavy (non-hydrogen) atoms. The topological polar surface area (TPSA) is 61.8 Å².